The zero-order chi connectivity index (χ0) is 28.9. The zero-order valence-electron chi connectivity index (χ0n) is 24.8. The molecule has 1 aromatic carbocycles. The van der Waals surface area contributed by atoms with Crippen LogP contribution in [0.3, 0.4) is 0 Å². The van der Waals surface area contributed by atoms with Crippen molar-refractivity contribution in [3.63, 3.8) is 0 Å². The van der Waals surface area contributed by atoms with Crippen molar-refractivity contribution < 1.29 is 19.0 Å². The van der Waals surface area contributed by atoms with Crippen molar-refractivity contribution in [1.29, 1.82) is 0 Å². The van der Waals surface area contributed by atoms with Crippen LogP contribution in [0.2, 0.25) is 0 Å². The summed E-state index contributed by atoms with van der Waals surface area (Å²) in [5, 5.41) is 14.0. The number of rotatable bonds is 6. The van der Waals surface area contributed by atoms with Crippen molar-refractivity contribution in [3.05, 3.63) is 24.1 Å². The Morgan fingerprint density at radius 2 is 1.82 bits per heavy atom. The van der Waals surface area contributed by atoms with Crippen LogP contribution in [0.4, 0.5) is 15.1 Å². The summed E-state index contributed by atoms with van der Waals surface area (Å²) in [6.07, 6.45) is 5.95. The van der Waals surface area contributed by atoms with E-state index in [1.54, 1.807) is 17.2 Å². The van der Waals surface area contributed by atoms with Gasteiger partial charge in [0.25, 0.3) is 0 Å². The highest BCUT2D eigenvalue weighted by Gasteiger charge is 2.38. The minimum atomic E-state index is -0.581. The number of ether oxygens (including phenoxy) is 1. The second-order valence-electron chi connectivity index (χ2n) is 12.2. The molecule has 0 bridgehead atoms. The second kappa shape index (κ2) is 12.8. The van der Waals surface area contributed by atoms with E-state index in [1.807, 2.05) is 40.9 Å². The molecule has 1 aromatic heterocycles. The minimum absolute atomic E-state index is 0.00174. The second-order valence-corrected chi connectivity index (χ2v) is 13.1. The SMILES string of the molecule is CCC(C)C(C)(C)C(C)(C)O.CSc1cc2cnc(NC3CCN(C(=O)OC(C)(C)C)CC3)nc2cc1F. The maximum absolute atomic E-state index is 14.0. The van der Waals surface area contributed by atoms with E-state index in [9.17, 15) is 14.3 Å². The molecule has 3 rings (SSSR count). The molecule has 1 aliphatic heterocycles. The Kier molecular flexibility index (Phi) is 10.8. The number of amides is 1. The van der Waals surface area contributed by atoms with Crippen LogP contribution < -0.4 is 5.32 Å². The number of anilines is 1. The standard InChI is InChI=1S/C19H25FN4O2S.C10H22O/c1-19(2,3)26-18(25)24-7-5-13(6-8-24)22-17-21-11-12-9-16(27-4)14(20)10-15(12)23-17;1-7-8(2)9(3,4)10(5,6)11/h9-11,13H,5-8H2,1-4H3,(H,21,22,23);8,11H,7H2,1-6H3. The van der Waals surface area contributed by atoms with Gasteiger partial charge in [-0.3, -0.25) is 0 Å². The molecule has 1 fully saturated rings. The van der Waals surface area contributed by atoms with Gasteiger partial charge in [-0.15, -0.1) is 11.8 Å². The molecule has 1 amide bonds. The smallest absolute Gasteiger partial charge is 0.410 e. The number of likely N-dealkylation sites (tertiary alicyclic amines) is 1. The fourth-order valence-corrected chi connectivity index (χ4v) is 4.59. The number of aromatic nitrogens is 2. The minimum Gasteiger partial charge on any atom is -0.444 e. The third-order valence-electron chi connectivity index (χ3n) is 7.75. The Morgan fingerprint density at radius 1 is 1.21 bits per heavy atom. The molecule has 1 aliphatic rings. The number of thioether (sulfide) groups is 1. The Labute approximate surface area is 232 Å². The van der Waals surface area contributed by atoms with Crippen molar-refractivity contribution in [3.8, 4) is 0 Å². The van der Waals surface area contributed by atoms with Gasteiger partial charge >= 0.3 is 6.09 Å². The fourth-order valence-electron chi connectivity index (χ4n) is 4.09. The number of carbonyl (C=O) groups is 1. The molecule has 1 atom stereocenters. The van der Waals surface area contributed by atoms with Gasteiger partial charge in [0.15, 0.2) is 0 Å². The van der Waals surface area contributed by atoms with Gasteiger partial charge in [0, 0.05) is 41.7 Å². The largest absolute Gasteiger partial charge is 0.444 e. The highest BCUT2D eigenvalue weighted by Crippen LogP contribution is 2.39. The quantitative estimate of drug-likeness (QED) is 0.370. The monoisotopic (exact) mass is 550 g/mol. The van der Waals surface area contributed by atoms with Gasteiger partial charge < -0.3 is 20.1 Å². The molecule has 2 aromatic rings. The van der Waals surface area contributed by atoms with Gasteiger partial charge in [0.05, 0.1) is 11.1 Å². The van der Waals surface area contributed by atoms with Crippen LogP contribution in [0.15, 0.2) is 23.2 Å². The maximum atomic E-state index is 14.0. The lowest BCUT2D eigenvalue weighted by Gasteiger charge is -2.42. The summed E-state index contributed by atoms with van der Waals surface area (Å²) >= 11 is 1.36. The van der Waals surface area contributed by atoms with Gasteiger partial charge in [-0.2, -0.15) is 0 Å². The lowest BCUT2D eigenvalue weighted by Crippen LogP contribution is -2.44. The number of piperidine rings is 1. The predicted octanol–water partition coefficient (Wildman–Crippen LogP) is 7.13. The normalized spacial score (nSPS) is 16.1. The third kappa shape index (κ3) is 8.70. The zero-order valence-corrected chi connectivity index (χ0v) is 25.6. The average molecular weight is 551 g/mol. The molecular weight excluding hydrogens is 503 g/mol. The van der Waals surface area contributed by atoms with Crippen molar-refractivity contribution in [2.45, 2.75) is 104 Å². The van der Waals surface area contributed by atoms with Gasteiger partial charge in [-0.05, 0) is 71.1 Å². The maximum Gasteiger partial charge on any atom is 0.410 e. The predicted molar refractivity (Wildman–Crippen MR) is 155 cm³/mol. The number of carbonyl (C=O) groups excluding carboxylic acids is 1. The average Bonchev–Trinajstić information content (AvgIpc) is 2.82. The van der Waals surface area contributed by atoms with E-state index in [-0.39, 0.29) is 23.4 Å². The summed E-state index contributed by atoms with van der Waals surface area (Å²) in [7, 11) is 0. The van der Waals surface area contributed by atoms with Crippen LogP contribution in [-0.4, -0.2) is 62.7 Å². The van der Waals surface area contributed by atoms with Crippen LogP contribution in [0.1, 0.15) is 81.6 Å². The number of hydrogen-bond acceptors (Lipinski definition) is 7. The summed E-state index contributed by atoms with van der Waals surface area (Å²) in [6, 6.07) is 3.37. The third-order valence-corrected chi connectivity index (χ3v) is 8.51. The molecule has 9 heteroatoms. The fraction of sp³-hybridized carbons (Fsp3) is 0.690. The molecule has 1 saturated heterocycles. The highest BCUT2D eigenvalue weighted by molar-refractivity contribution is 7.98. The number of aliphatic hydroxyl groups is 1. The molecule has 2 N–H and O–H groups in total. The van der Waals surface area contributed by atoms with E-state index in [1.165, 1.54) is 17.8 Å². The van der Waals surface area contributed by atoms with E-state index < -0.39 is 11.2 Å². The number of fused-ring (bicyclic) bond motifs is 1. The van der Waals surface area contributed by atoms with Crippen molar-refractivity contribution in [2.75, 3.05) is 24.7 Å². The summed E-state index contributed by atoms with van der Waals surface area (Å²) in [5.41, 5.74) is -0.491. The summed E-state index contributed by atoms with van der Waals surface area (Å²) in [5.74, 6) is 0.766. The van der Waals surface area contributed by atoms with Crippen molar-refractivity contribution in [1.82, 2.24) is 14.9 Å². The Balaban J connectivity index is 0.000000391. The summed E-state index contributed by atoms with van der Waals surface area (Å²) in [6.45, 7) is 19.2. The number of nitrogens with one attached hydrogen (secondary N) is 1. The topological polar surface area (TPSA) is 87.6 Å². The van der Waals surface area contributed by atoms with Crippen LogP contribution in [-0.2, 0) is 4.74 Å². The Bertz CT molecular complexity index is 1070. The first-order valence-electron chi connectivity index (χ1n) is 13.5. The van der Waals surface area contributed by atoms with Crippen molar-refractivity contribution in [2.24, 2.45) is 11.3 Å². The molecule has 2 heterocycles. The van der Waals surface area contributed by atoms with E-state index in [0.717, 1.165) is 24.6 Å². The van der Waals surface area contributed by atoms with E-state index in [4.69, 9.17) is 4.74 Å². The molecule has 38 heavy (non-hydrogen) atoms. The van der Waals surface area contributed by atoms with E-state index in [2.05, 4.69) is 43.0 Å². The van der Waals surface area contributed by atoms with Gasteiger partial charge in [0.2, 0.25) is 5.95 Å². The van der Waals surface area contributed by atoms with E-state index in [0.29, 0.717) is 35.4 Å². The van der Waals surface area contributed by atoms with Crippen LogP contribution >= 0.6 is 11.8 Å². The lowest BCUT2D eigenvalue weighted by molar-refractivity contribution is -0.0653. The number of benzene rings is 1. The molecule has 214 valence electrons. The number of halogens is 1. The molecule has 1 unspecified atom stereocenters. The molecular formula is C29H47FN4O3S. The summed E-state index contributed by atoms with van der Waals surface area (Å²) in [4.78, 5) is 23.2. The molecule has 7 nitrogen and oxygen atoms in total. The molecule has 0 saturated carbocycles. The van der Waals surface area contributed by atoms with Crippen LogP contribution in [0, 0.1) is 17.2 Å². The molecule has 0 spiro atoms. The van der Waals surface area contributed by atoms with Crippen molar-refractivity contribution >= 4 is 34.7 Å². The number of nitrogens with zero attached hydrogens (tertiary/aromatic N) is 3. The first-order valence-corrected chi connectivity index (χ1v) is 14.7. The van der Waals surface area contributed by atoms with Gasteiger partial charge in [-0.25, -0.2) is 19.2 Å². The first-order chi connectivity index (χ1) is 17.5. The molecule has 0 aliphatic carbocycles. The summed E-state index contributed by atoms with van der Waals surface area (Å²) < 4.78 is 19.4. The van der Waals surface area contributed by atoms with Gasteiger partial charge in [0.1, 0.15) is 11.4 Å². The lowest BCUT2D eigenvalue weighted by atomic mass is 9.68. The first kappa shape index (κ1) is 32.1. The highest BCUT2D eigenvalue weighted by atomic mass is 32.2. The van der Waals surface area contributed by atoms with Gasteiger partial charge in [-0.1, -0.05) is 34.1 Å². The number of hydrogen-bond donors (Lipinski definition) is 2. The Morgan fingerprint density at radius 3 is 2.29 bits per heavy atom. The van der Waals surface area contributed by atoms with E-state index >= 15 is 0 Å². The molecule has 0 radical (unpaired) electrons. The van der Waals surface area contributed by atoms with Crippen LogP contribution in [0.5, 0.6) is 0 Å². The Hall–Kier alpha value is -2.13. The van der Waals surface area contributed by atoms with Crippen LogP contribution in [0.25, 0.3) is 10.9 Å².